The molecule has 0 atom stereocenters. The minimum absolute atomic E-state index is 0.736. The van der Waals surface area contributed by atoms with Crippen molar-refractivity contribution in [2.24, 2.45) is 0 Å². The number of ether oxygens (including phenoxy) is 1. The van der Waals surface area contributed by atoms with E-state index >= 15 is 0 Å². The average Bonchev–Trinajstić information content (AvgIpc) is 2.42. The summed E-state index contributed by atoms with van der Waals surface area (Å²) in [5.41, 5.74) is 2.40. The number of hydrogen-bond acceptors (Lipinski definition) is 3. The lowest BCUT2D eigenvalue weighted by molar-refractivity contribution is 0.470. The Balaban J connectivity index is 2.17. The van der Waals surface area contributed by atoms with E-state index in [-0.39, 0.29) is 0 Å². The predicted molar refractivity (Wildman–Crippen MR) is 85.2 cm³/mol. The van der Waals surface area contributed by atoms with Gasteiger partial charge in [-0.15, -0.1) is 0 Å². The number of rotatable bonds is 6. The third-order valence-corrected chi connectivity index (χ3v) is 3.30. The maximum atomic E-state index is 5.94. The molecule has 0 aliphatic carbocycles. The van der Waals surface area contributed by atoms with Crippen molar-refractivity contribution in [3.8, 4) is 11.5 Å². The van der Waals surface area contributed by atoms with Crippen molar-refractivity contribution < 1.29 is 4.74 Å². The Bertz CT molecular complexity index is 572. The molecule has 2 aromatic rings. The molecule has 0 saturated carbocycles. The molecule has 1 aromatic heterocycles. The summed E-state index contributed by atoms with van der Waals surface area (Å²) in [7, 11) is 0. The smallest absolute Gasteiger partial charge is 0.146 e. The summed E-state index contributed by atoms with van der Waals surface area (Å²) in [6.07, 6.45) is 4.58. The quantitative estimate of drug-likeness (QED) is 0.792. The van der Waals surface area contributed by atoms with Crippen molar-refractivity contribution in [1.29, 1.82) is 0 Å². The van der Waals surface area contributed by atoms with Crippen LogP contribution in [0.5, 0.6) is 11.5 Å². The maximum absolute atomic E-state index is 5.94. The predicted octanol–water partition coefficient (Wildman–Crippen LogP) is 4.44. The Morgan fingerprint density at radius 2 is 2.10 bits per heavy atom. The topological polar surface area (TPSA) is 34.1 Å². The molecule has 20 heavy (non-hydrogen) atoms. The van der Waals surface area contributed by atoms with Crippen molar-refractivity contribution in [1.82, 2.24) is 10.3 Å². The molecule has 106 valence electrons. The molecule has 0 aliphatic heterocycles. The van der Waals surface area contributed by atoms with E-state index in [1.807, 2.05) is 12.1 Å². The van der Waals surface area contributed by atoms with Gasteiger partial charge >= 0.3 is 0 Å². The molecule has 1 N–H and O–H groups in total. The molecule has 0 amide bonds. The van der Waals surface area contributed by atoms with E-state index in [0.717, 1.165) is 35.5 Å². The molecule has 0 saturated heterocycles. The van der Waals surface area contributed by atoms with E-state index in [2.05, 4.69) is 52.2 Å². The fourth-order valence-corrected chi connectivity index (χ4v) is 2.26. The molecule has 3 nitrogen and oxygen atoms in total. The lowest BCUT2D eigenvalue weighted by Crippen LogP contribution is -2.14. The van der Waals surface area contributed by atoms with Crippen LogP contribution in [-0.2, 0) is 6.54 Å². The van der Waals surface area contributed by atoms with Crippen LogP contribution in [0.2, 0.25) is 0 Å². The van der Waals surface area contributed by atoms with Crippen molar-refractivity contribution in [3.05, 3.63) is 52.3 Å². The highest BCUT2D eigenvalue weighted by atomic mass is 79.9. The van der Waals surface area contributed by atoms with Gasteiger partial charge in [0.1, 0.15) is 11.5 Å². The lowest BCUT2D eigenvalue weighted by atomic mass is 10.1. The second kappa shape index (κ2) is 7.41. The molecule has 0 fully saturated rings. The molecule has 1 heterocycles. The largest absolute Gasteiger partial charge is 0.455 e. The van der Waals surface area contributed by atoms with Gasteiger partial charge in [0.05, 0.1) is 6.20 Å². The number of aryl methyl sites for hydroxylation is 1. The second-order valence-electron chi connectivity index (χ2n) is 4.73. The van der Waals surface area contributed by atoms with Gasteiger partial charge < -0.3 is 10.1 Å². The van der Waals surface area contributed by atoms with Crippen LogP contribution in [0.25, 0.3) is 0 Å². The normalized spacial score (nSPS) is 10.6. The number of aromatic nitrogens is 1. The summed E-state index contributed by atoms with van der Waals surface area (Å²) in [4.78, 5) is 4.12. The minimum atomic E-state index is 0.736. The van der Waals surface area contributed by atoms with Crippen LogP contribution in [0, 0.1) is 6.92 Å². The van der Waals surface area contributed by atoms with Gasteiger partial charge in [0.25, 0.3) is 0 Å². The lowest BCUT2D eigenvalue weighted by Gasteiger charge is -2.12. The second-order valence-corrected chi connectivity index (χ2v) is 5.64. The third-order valence-electron chi connectivity index (χ3n) is 2.87. The Hall–Kier alpha value is -1.39. The number of pyridine rings is 1. The zero-order valence-electron chi connectivity index (χ0n) is 11.8. The van der Waals surface area contributed by atoms with Gasteiger partial charge in [0.2, 0.25) is 0 Å². The number of hydrogen-bond donors (Lipinski definition) is 1. The Morgan fingerprint density at radius 3 is 2.85 bits per heavy atom. The summed E-state index contributed by atoms with van der Waals surface area (Å²) in [6, 6.07) is 8.14. The molecule has 0 radical (unpaired) electrons. The summed E-state index contributed by atoms with van der Waals surface area (Å²) in [6.45, 7) is 6.07. The van der Waals surface area contributed by atoms with Crippen LogP contribution in [0.1, 0.15) is 24.5 Å². The van der Waals surface area contributed by atoms with E-state index in [1.165, 1.54) is 11.1 Å². The van der Waals surface area contributed by atoms with Crippen molar-refractivity contribution in [2.75, 3.05) is 6.54 Å². The summed E-state index contributed by atoms with van der Waals surface area (Å²) >= 11 is 3.40. The molecule has 0 aliphatic rings. The Morgan fingerprint density at radius 1 is 1.25 bits per heavy atom. The van der Waals surface area contributed by atoms with Crippen LogP contribution in [0.4, 0.5) is 0 Å². The first-order valence-corrected chi connectivity index (χ1v) is 7.57. The third kappa shape index (κ3) is 4.32. The van der Waals surface area contributed by atoms with E-state index in [4.69, 9.17) is 4.74 Å². The Labute approximate surface area is 128 Å². The number of benzene rings is 1. The van der Waals surface area contributed by atoms with Crippen molar-refractivity contribution in [2.45, 2.75) is 26.8 Å². The maximum Gasteiger partial charge on any atom is 0.146 e. The van der Waals surface area contributed by atoms with E-state index in [0.29, 0.717) is 0 Å². The molecular weight excluding hydrogens is 316 g/mol. The van der Waals surface area contributed by atoms with Gasteiger partial charge in [-0.25, -0.2) is 0 Å². The van der Waals surface area contributed by atoms with Crippen LogP contribution in [0.3, 0.4) is 0 Å². The first-order chi connectivity index (χ1) is 9.69. The SMILES string of the molecule is CCCNCc1cc(C)ccc1Oc1cncc(Br)c1. The van der Waals surface area contributed by atoms with Gasteiger partial charge in [-0.3, -0.25) is 4.98 Å². The average molecular weight is 335 g/mol. The van der Waals surface area contributed by atoms with Crippen LogP contribution in [-0.4, -0.2) is 11.5 Å². The van der Waals surface area contributed by atoms with E-state index in [1.54, 1.807) is 12.4 Å². The highest BCUT2D eigenvalue weighted by molar-refractivity contribution is 9.10. The molecule has 4 heteroatoms. The summed E-state index contributed by atoms with van der Waals surface area (Å²) in [5.74, 6) is 1.61. The van der Waals surface area contributed by atoms with Crippen molar-refractivity contribution >= 4 is 15.9 Å². The first kappa shape index (κ1) is 15.0. The van der Waals surface area contributed by atoms with Crippen LogP contribution >= 0.6 is 15.9 Å². The monoisotopic (exact) mass is 334 g/mol. The fourth-order valence-electron chi connectivity index (χ4n) is 1.92. The standard InChI is InChI=1S/C16H19BrN2O/c1-3-6-18-9-13-7-12(2)4-5-16(13)20-15-8-14(17)10-19-11-15/h4-5,7-8,10-11,18H,3,6,9H2,1-2H3. The zero-order valence-corrected chi connectivity index (χ0v) is 13.4. The van der Waals surface area contributed by atoms with Gasteiger partial charge in [-0.05, 0) is 48.0 Å². The highest BCUT2D eigenvalue weighted by Crippen LogP contribution is 2.27. The van der Waals surface area contributed by atoms with E-state index < -0.39 is 0 Å². The van der Waals surface area contributed by atoms with Gasteiger partial charge in [-0.2, -0.15) is 0 Å². The number of nitrogens with zero attached hydrogens (tertiary/aromatic N) is 1. The van der Waals surface area contributed by atoms with Crippen molar-refractivity contribution in [3.63, 3.8) is 0 Å². The van der Waals surface area contributed by atoms with Crippen LogP contribution < -0.4 is 10.1 Å². The summed E-state index contributed by atoms with van der Waals surface area (Å²) < 4.78 is 6.85. The van der Waals surface area contributed by atoms with Crippen LogP contribution in [0.15, 0.2) is 41.1 Å². The summed E-state index contributed by atoms with van der Waals surface area (Å²) in [5, 5.41) is 3.41. The minimum Gasteiger partial charge on any atom is -0.455 e. The molecule has 2 rings (SSSR count). The first-order valence-electron chi connectivity index (χ1n) is 6.77. The molecule has 0 bridgehead atoms. The molecule has 1 aromatic carbocycles. The zero-order chi connectivity index (χ0) is 14.4. The number of halogens is 1. The highest BCUT2D eigenvalue weighted by Gasteiger charge is 2.06. The molecule has 0 unspecified atom stereocenters. The van der Waals surface area contributed by atoms with Gasteiger partial charge in [0.15, 0.2) is 0 Å². The van der Waals surface area contributed by atoms with Gasteiger partial charge in [0, 0.05) is 22.8 Å². The fraction of sp³-hybridized carbons (Fsp3) is 0.312. The molecular formula is C16H19BrN2O. The number of nitrogens with one attached hydrogen (secondary N) is 1. The Kier molecular flexibility index (Phi) is 5.56. The van der Waals surface area contributed by atoms with E-state index in [9.17, 15) is 0 Å². The molecule has 0 spiro atoms. The van der Waals surface area contributed by atoms with Gasteiger partial charge in [-0.1, -0.05) is 24.6 Å².